The topological polar surface area (TPSA) is 17.8 Å². The second-order valence-electron chi connectivity index (χ2n) is 4.87. The Morgan fingerprint density at radius 3 is 2.78 bits per heavy atom. The first-order chi connectivity index (χ1) is 8.81. The van der Waals surface area contributed by atoms with Gasteiger partial charge in [-0.15, -0.1) is 0 Å². The molecule has 0 radical (unpaired) electrons. The molecule has 2 heteroatoms. The van der Waals surface area contributed by atoms with Gasteiger partial charge in [-0.1, -0.05) is 31.5 Å². The highest BCUT2D eigenvalue weighted by molar-refractivity contribution is 6.04. The Morgan fingerprint density at radius 1 is 1.11 bits per heavy atom. The minimum absolute atomic E-state index is 1.07. The molecule has 3 aromatic rings. The lowest BCUT2D eigenvalue weighted by Crippen LogP contribution is -1.95. The van der Waals surface area contributed by atoms with E-state index in [1.54, 1.807) is 0 Å². The Labute approximate surface area is 107 Å². The molecule has 0 saturated carbocycles. The fraction of sp³-hybridized carbons (Fsp3) is 0.312. The smallest absolute Gasteiger partial charge is 0.0726 e. The van der Waals surface area contributed by atoms with Crippen molar-refractivity contribution in [2.24, 2.45) is 7.05 Å². The van der Waals surface area contributed by atoms with Crippen LogP contribution < -0.4 is 0 Å². The van der Waals surface area contributed by atoms with Crippen molar-refractivity contribution in [2.45, 2.75) is 26.2 Å². The van der Waals surface area contributed by atoms with Crippen molar-refractivity contribution in [3.05, 3.63) is 42.2 Å². The van der Waals surface area contributed by atoms with Crippen molar-refractivity contribution in [2.75, 3.05) is 0 Å². The van der Waals surface area contributed by atoms with E-state index in [9.17, 15) is 0 Å². The number of rotatable bonds is 3. The van der Waals surface area contributed by atoms with Gasteiger partial charge in [-0.25, -0.2) is 0 Å². The van der Waals surface area contributed by atoms with E-state index in [1.165, 1.54) is 34.8 Å². The first-order valence-electron chi connectivity index (χ1n) is 6.64. The van der Waals surface area contributed by atoms with Crippen molar-refractivity contribution >= 4 is 21.8 Å². The summed E-state index contributed by atoms with van der Waals surface area (Å²) in [6.07, 6.45) is 5.62. The van der Waals surface area contributed by atoms with Crippen molar-refractivity contribution in [1.82, 2.24) is 9.55 Å². The second-order valence-corrected chi connectivity index (χ2v) is 4.87. The molecule has 92 valence electrons. The van der Waals surface area contributed by atoms with Gasteiger partial charge in [0, 0.05) is 24.0 Å². The van der Waals surface area contributed by atoms with E-state index in [0.29, 0.717) is 0 Å². The van der Waals surface area contributed by atoms with Gasteiger partial charge in [-0.3, -0.25) is 4.98 Å². The summed E-state index contributed by atoms with van der Waals surface area (Å²) in [6.45, 7) is 2.23. The number of pyridine rings is 1. The molecular weight excluding hydrogens is 220 g/mol. The summed E-state index contributed by atoms with van der Waals surface area (Å²) < 4.78 is 2.20. The Bertz CT molecular complexity index is 695. The van der Waals surface area contributed by atoms with Crippen LogP contribution in [-0.2, 0) is 13.5 Å². The molecule has 0 aliphatic carbocycles. The third-order valence-corrected chi connectivity index (χ3v) is 3.57. The number of unbranched alkanes of at least 4 members (excludes halogenated alkanes) is 1. The lowest BCUT2D eigenvalue weighted by molar-refractivity contribution is 0.784. The van der Waals surface area contributed by atoms with Gasteiger partial charge in [0.25, 0.3) is 0 Å². The minimum Gasteiger partial charge on any atom is -0.350 e. The maximum atomic E-state index is 4.84. The molecule has 18 heavy (non-hydrogen) atoms. The first-order valence-corrected chi connectivity index (χ1v) is 6.64. The Morgan fingerprint density at radius 2 is 1.94 bits per heavy atom. The van der Waals surface area contributed by atoms with Crippen molar-refractivity contribution in [3.8, 4) is 0 Å². The monoisotopic (exact) mass is 238 g/mol. The van der Waals surface area contributed by atoms with E-state index in [4.69, 9.17) is 4.98 Å². The van der Waals surface area contributed by atoms with E-state index in [-0.39, 0.29) is 0 Å². The lowest BCUT2D eigenvalue weighted by Gasteiger charge is -2.07. The highest BCUT2D eigenvalue weighted by Crippen LogP contribution is 2.27. The third kappa shape index (κ3) is 1.69. The maximum Gasteiger partial charge on any atom is 0.0726 e. The second kappa shape index (κ2) is 4.45. The molecule has 0 atom stereocenters. The lowest BCUT2D eigenvalue weighted by atomic mass is 10.1. The minimum atomic E-state index is 1.07. The number of fused-ring (bicyclic) bond motifs is 3. The van der Waals surface area contributed by atoms with Crippen molar-refractivity contribution in [1.29, 1.82) is 0 Å². The Hall–Kier alpha value is -1.83. The molecule has 0 aliphatic heterocycles. The average Bonchev–Trinajstić information content (AvgIpc) is 2.79. The predicted molar refractivity (Wildman–Crippen MR) is 76.8 cm³/mol. The molecule has 0 aliphatic rings. The van der Waals surface area contributed by atoms with Crippen LogP contribution in [0.5, 0.6) is 0 Å². The summed E-state index contributed by atoms with van der Waals surface area (Å²) in [4.78, 5) is 4.84. The number of aryl methyl sites for hydroxylation is 2. The van der Waals surface area contributed by atoms with Crippen LogP contribution in [0.15, 0.2) is 36.5 Å². The molecule has 2 nitrogen and oxygen atoms in total. The van der Waals surface area contributed by atoms with Gasteiger partial charge in [-0.05, 0) is 25.0 Å². The SMILES string of the molecule is CCCCc1nc2ccccc2c2c1ccn2C. The van der Waals surface area contributed by atoms with Gasteiger partial charge in [0.05, 0.1) is 16.7 Å². The maximum absolute atomic E-state index is 4.84. The molecule has 0 amide bonds. The van der Waals surface area contributed by atoms with Crippen LogP contribution in [0.1, 0.15) is 25.5 Å². The number of benzene rings is 1. The Kier molecular flexibility index (Phi) is 2.78. The fourth-order valence-corrected chi connectivity index (χ4v) is 2.61. The third-order valence-electron chi connectivity index (χ3n) is 3.57. The summed E-state index contributed by atoms with van der Waals surface area (Å²) in [6, 6.07) is 10.6. The van der Waals surface area contributed by atoms with Crippen LogP contribution in [0.25, 0.3) is 21.8 Å². The summed E-state index contributed by atoms with van der Waals surface area (Å²) in [5, 5.41) is 2.56. The molecule has 3 rings (SSSR count). The van der Waals surface area contributed by atoms with Gasteiger partial charge in [0.15, 0.2) is 0 Å². The molecule has 2 heterocycles. The Balaban J connectivity index is 2.33. The number of hydrogen-bond acceptors (Lipinski definition) is 1. The van der Waals surface area contributed by atoms with E-state index >= 15 is 0 Å². The quantitative estimate of drug-likeness (QED) is 0.672. The van der Waals surface area contributed by atoms with E-state index in [0.717, 1.165) is 11.9 Å². The molecule has 0 bridgehead atoms. The highest BCUT2D eigenvalue weighted by Gasteiger charge is 2.10. The predicted octanol–water partition coefficient (Wildman–Crippen LogP) is 4.07. The van der Waals surface area contributed by atoms with Crippen LogP contribution in [0, 0.1) is 0 Å². The fourth-order valence-electron chi connectivity index (χ4n) is 2.61. The van der Waals surface area contributed by atoms with Crippen LogP contribution in [-0.4, -0.2) is 9.55 Å². The molecule has 0 fully saturated rings. The molecular formula is C16H18N2. The molecule has 0 N–H and O–H groups in total. The summed E-state index contributed by atoms with van der Waals surface area (Å²) in [7, 11) is 2.11. The standard InChI is InChI=1S/C16H18N2/c1-3-4-8-14-13-10-11-18(2)16(13)12-7-5-6-9-15(12)17-14/h5-7,9-11H,3-4,8H2,1-2H3. The van der Waals surface area contributed by atoms with E-state index in [1.807, 2.05) is 0 Å². The van der Waals surface area contributed by atoms with Gasteiger partial charge in [0.1, 0.15) is 0 Å². The molecule has 0 spiro atoms. The van der Waals surface area contributed by atoms with E-state index < -0.39 is 0 Å². The number of hydrogen-bond donors (Lipinski definition) is 0. The van der Waals surface area contributed by atoms with Gasteiger partial charge < -0.3 is 4.57 Å². The van der Waals surface area contributed by atoms with Gasteiger partial charge in [-0.2, -0.15) is 0 Å². The first kappa shape index (κ1) is 11.3. The van der Waals surface area contributed by atoms with Crippen LogP contribution in [0.4, 0.5) is 0 Å². The van der Waals surface area contributed by atoms with Gasteiger partial charge in [0.2, 0.25) is 0 Å². The number of aromatic nitrogens is 2. The molecule has 2 aromatic heterocycles. The number of nitrogens with zero attached hydrogens (tertiary/aromatic N) is 2. The normalized spacial score (nSPS) is 11.4. The highest BCUT2D eigenvalue weighted by atomic mass is 14.9. The zero-order valence-electron chi connectivity index (χ0n) is 11.0. The van der Waals surface area contributed by atoms with Crippen LogP contribution in [0.2, 0.25) is 0 Å². The van der Waals surface area contributed by atoms with Crippen LogP contribution in [0.3, 0.4) is 0 Å². The summed E-state index contributed by atoms with van der Waals surface area (Å²) in [5.41, 5.74) is 3.66. The zero-order valence-corrected chi connectivity index (χ0v) is 11.0. The average molecular weight is 238 g/mol. The summed E-state index contributed by atoms with van der Waals surface area (Å²) >= 11 is 0. The zero-order chi connectivity index (χ0) is 12.5. The van der Waals surface area contributed by atoms with E-state index in [2.05, 4.69) is 55.1 Å². The molecule has 0 saturated heterocycles. The van der Waals surface area contributed by atoms with Crippen molar-refractivity contribution < 1.29 is 0 Å². The van der Waals surface area contributed by atoms with Crippen molar-refractivity contribution in [3.63, 3.8) is 0 Å². The summed E-state index contributed by atoms with van der Waals surface area (Å²) in [5.74, 6) is 0. The van der Waals surface area contributed by atoms with Crippen LogP contribution >= 0.6 is 0 Å². The largest absolute Gasteiger partial charge is 0.350 e. The molecule has 0 unspecified atom stereocenters. The van der Waals surface area contributed by atoms with Gasteiger partial charge >= 0.3 is 0 Å². The molecule has 1 aromatic carbocycles. The number of para-hydroxylation sites is 1.